The van der Waals surface area contributed by atoms with Crippen LogP contribution in [0.3, 0.4) is 0 Å². The fourth-order valence-electron chi connectivity index (χ4n) is 3.04. The number of aromatic nitrogens is 2. The number of carbonyl (C=O) groups excluding carboxylic acids is 1. The molecule has 1 aromatic heterocycles. The van der Waals surface area contributed by atoms with Crippen molar-refractivity contribution in [2.24, 2.45) is 0 Å². The number of hydrogen-bond donors (Lipinski definition) is 0. The van der Waals surface area contributed by atoms with Gasteiger partial charge in [-0.05, 0) is 41.7 Å². The minimum atomic E-state index is 0.0910. The molecule has 0 saturated carbocycles. The van der Waals surface area contributed by atoms with Gasteiger partial charge in [-0.1, -0.05) is 34.8 Å². The highest BCUT2D eigenvalue weighted by Gasteiger charge is 2.28. The first kappa shape index (κ1) is 13.4. The molecule has 0 spiro atoms. The Kier molecular flexibility index (Phi) is 3.35. The van der Waals surface area contributed by atoms with E-state index in [9.17, 15) is 4.79 Å². The van der Waals surface area contributed by atoms with Gasteiger partial charge in [-0.15, -0.1) is 5.10 Å². The van der Waals surface area contributed by atoms with Gasteiger partial charge < -0.3 is 4.90 Å². The highest BCUT2D eigenvalue weighted by Crippen LogP contribution is 2.28. The summed E-state index contributed by atoms with van der Waals surface area (Å²) in [4.78, 5) is 14.6. The van der Waals surface area contributed by atoms with Crippen LogP contribution in [-0.2, 0) is 0 Å². The topological polar surface area (TPSA) is 46.1 Å². The van der Waals surface area contributed by atoms with E-state index in [4.69, 9.17) is 0 Å². The molecule has 4 rings (SSSR count). The maximum atomic E-state index is 12.7. The van der Waals surface area contributed by atoms with Crippen LogP contribution < -0.4 is 0 Å². The number of benzene rings is 2. The van der Waals surface area contributed by atoms with Gasteiger partial charge in [-0.3, -0.25) is 4.79 Å². The second kappa shape index (κ2) is 5.50. The van der Waals surface area contributed by atoms with E-state index in [1.807, 2.05) is 29.2 Å². The third-order valence-electron chi connectivity index (χ3n) is 4.24. The van der Waals surface area contributed by atoms with Crippen LogP contribution in [0.5, 0.6) is 0 Å². The molecule has 0 unspecified atom stereocenters. The van der Waals surface area contributed by atoms with Crippen LogP contribution in [0.1, 0.15) is 28.3 Å². The summed E-state index contributed by atoms with van der Waals surface area (Å²) in [7, 11) is 0. The molecule has 2 heterocycles. The van der Waals surface area contributed by atoms with Crippen molar-refractivity contribution in [2.45, 2.75) is 12.3 Å². The van der Waals surface area contributed by atoms with Crippen molar-refractivity contribution in [3.8, 4) is 0 Å². The fraction of sp³-hybridized carbons (Fsp3) is 0.235. The molecule has 1 amide bonds. The minimum absolute atomic E-state index is 0.0910. The quantitative estimate of drug-likeness (QED) is 0.729. The van der Waals surface area contributed by atoms with E-state index < -0.39 is 0 Å². The summed E-state index contributed by atoms with van der Waals surface area (Å²) >= 11 is 1.35. The number of likely N-dealkylation sites (tertiary alicyclic amines) is 1. The van der Waals surface area contributed by atoms with E-state index in [1.165, 1.54) is 17.1 Å². The zero-order valence-electron chi connectivity index (χ0n) is 12.0. The molecular weight excluding hydrogens is 294 g/mol. The molecule has 4 nitrogen and oxygen atoms in total. The van der Waals surface area contributed by atoms with Crippen LogP contribution >= 0.6 is 11.5 Å². The molecule has 0 bridgehead atoms. The molecule has 0 N–H and O–H groups in total. The standard InChI is InChI=1S/C17H15N3OS/c21-17(13-6-7-16-15(10-13)18-19-22-16)20-9-8-14(11-20)12-4-2-1-3-5-12/h1-7,10,14H,8-9,11H2/t14-/m0/s1. The summed E-state index contributed by atoms with van der Waals surface area (Å²) in [6, 6.07) is 16.1. The first-order valence-electron chi connectivity index (χ1n) is 7.37. The van der Waals surface area contributed by atoms with Gasteiger partial charge in [0.05, 0.1) is 4.70 Å². The third-order valence-corrected chi connectivity index (χ3v) is 4.95. The number of carbonyl (C=O) groups is 1. The number of hydrogen-bond acceptors (Lipinski definition) is 4. The van der Waals surface area contributed by atoms with Crippen molar-refractivity contribution in [1.82, 2.24) is 14.5 Å². The molecule has 1 fully saturated rings. The molecule has 3 aromatic rings. The van der Waals surface area contributed by atoms with Gasteiger partial charge in [-0.25, -0.2) is 0 Å². The molecular formula is C17H15N3OS. The zero-order chi connectivity index (χ0) is 14.9. The predicted molar refractivity (Wildman–Crippen MR) is 87.1 cm³/mol. The van der Waals surface area contributed by atoms with Crippen LogP contribution in [0.15, 0.2) is 48.5 Å². The highest BCUT2D eigenvalue weighted by molar-refractivity contribution is 7.12. The Morgan fingerprint density at radius 3 is 2.91 bits per heavy atom. The lowest BCUT2D eigenvalue weighted by Gasteiger charge is -2.16. The Bertz CT molecular complexity index is 815. The number of nitrogens with zero attached hydrogens (tertiary/aromatic N) is 3. The molecule has 0 radical (unpaired) electrons. The van der Waals surface area contributed by atoms with Crippen LogP contribution in [0.4, 0.5) is 0 Å². The summed E-state index contributed by atoms with van der Waals surface area (Å²) in [6.45, 7) is 1.60. The Hall–Kier alpha value is -2.27. The van der Waals surface area contributed by atoms with Gasteiger partial charge in [0.2, 0.25) is 0 Å². The van der Waals surface area contributed by atoms with E-state index in [1.54, 1.807) is 0 Å². The third kappa shape index (κ3) is 2.37. The van der Waals surface area contributed by atoms with E-state index in [0.29, 0.717) is 11.5 Å². The average Bonchev–Trinajstić information content (AvgIpc) is 3.23. The van der Waals surface area contributed by atoms with E-state index in [2.05, 4.69) is 33.9 Å². The normalized spacial score (nSPS) is 18.0. The van der Waals surface area contributed by atoms with Gasteiger partial charge in [0.15, 0.2) is 0 Å². The first-order valence-corrected chi connectivity index (χ1v) is 8.15. The number of rotatable bonds is 2. The highest BCUT2D eigenvalue weighted by atomic mass is 32.1. The summed E-state index contributed by atoms with van der Waals surface area (Å²) in [5, 5.41) is 4.05. The summed E-state index contributed by atoms with van der Waals surface area (Å²) in [5.74, 6) is 0.531. The Morgan fingerprint density at radius 1 is 1.18 bits per heavy atom. The van der Waals surface area contributed by atoms with Crippen molar-refractivity contribution < 1.29 is 4.79 Å². The Labute approximate surface area is 132 Å². The summed E-state index contributed by atoms with van der Waals surface area (Å²) < 4.78 is 4.93. The largest absolute Gasteiger partial charge is 0.338 e. The maximum Gasteiger partial charge on any atom is 0.253 e. The molecule has 1 aliphatic heterocycles. The lowest BCUT2D eigenvalue weighted by Crippen LogP contribution is -2.28. The maximum absolute atomic E-state index is 12.7. The van der Waals surface area contributed by atoms with Crippen molar-refractivity contribution in [3.63, 3.8) is 0 Å². The lowest BCUT2D eigenvalue weighted by atomic mass is 9.99. The van der Waals surface area contributed by atoms with Gasteiger partial charge in [-0.2, -0.15) is 0 Å². The van der Waals surface area contributed by atoms with Gasteiger partial charge in [0.25, 0.3) is 5.91 Å². The fourth-order valence-corrected chi connectivity index (χ4v) is 3.58. The first-order chi connectivity index (χ1) is 10.8. The SMILES string of the molecule is O=C(c1ccc2snnc2c1)N1CC[C@H](c2ccccc2)C1. The molecule has 2 aromatic carbocycles. The predicted octanol–water partition coefficient (Wildman–Crippen LogP) is 3.32. The summed E-state index contributed by atoms with van der Waals surface area (Å²) in [5.41, 5.74) is 2.82. The summed E-state index contributed by atoms with van der Waals surface area (Å²) in [6.07, 6.45) is 1.02. The van der Waals surface area contributed by atoms with Crippen molar-refractivity contribution in [3.05, 3.63) is 59.7 Å². The second-order valence-corrected chi connectivity index (χ2v) is 6.39. The Morgan fingerprint density at radius 2 is 2.05 bits per heavy atom. The van der Waals surface area contributed by atoms with E-state index >= 15 is 0 Å². The van der Waals surface area contributed by atoms with Crippen molar-refractivity contribution >= 4 is 27.7 Å². The van der Waals surface area contributed by atoms with Crippen LogP contribution in [-0.4, -0.2) is 33.5 Å². The molecule has 1 atom stereocenters. The van der Waals surface area contributed by atoms with Crippen molar-refractivity contribution in [1.29, 1.82) is 0 Å². The van der Waals surface area contributed by atoms with E-state index in [0.717, 1.165) is 29.7 Å². The minimum Gasteiger partial charge on any atom is -0.338 e. The van der Waals surface area contributed by atoms with Gasteiger partial charge in [0, 0.05) is 24.6 Å². The smallest absolute Gasteiger partial charge is 0.253 e. The van der Waals surface area contributed by atoms with Crippen LogP contribution in [0.25, 0.3) is 10.2 Å². The number of fused-ring (bicyclic) bond motifs is 1. The van der Waals surface area contributed by atoms with Gasteiger partial charge >= 0.3 is 0 Å². The average molecular weight is 309 g/mol. The molecule has 110 valence electrons. The van der Waals surface area contributed by atoms with Crippen LogP contribution in [0, 0.1) is 0 Å². The van der Waals surface area contributed by atoms with E-state index in [-0.39, 0.29) is 5.91 Å². The lowest BCUT2D eigenvalue weighted by molar-refractivity contribution is 0.0791. The van der Waals surface area contributed by atoms with Crippen molar-refractivity contribution in [2.75, 3.05) is 13.1 Å². The molecule has 1 saturated heterocycles. The zero-order valence-corrected chi connectivity index (χ0v) is 12.8. The van der Waals surface area contributed by atoms with Gasteiger partial charge in [0.1, 0.15) is 5.52 Å². The van der Waals surface area contributed by atoms with Crippen LogP contribution in [0.2, 0.25) is 0 Å². The number of amides is 1. The molecule has 0 aliphatic carbocycles. The second-order valence-electron chi connectivity index (χ2n) is 5.60. The molecule has 22 heavy (non-hydrogen) atoms. The monoisotopic (exact) mass is 309 g/mol. The Balaban J connectivity index is 1.54. The molecule has 5 heteroatoms. The molecule has 1 aliphatic rings.